The first-order chi connectivity index (χ1) is 13.4. The fraction of sp³-hybridized carbons (Fsp3) is 0.368. The summed E-state index contributed by atoms with van der Waals surface area (Å²) in [7, 11) is -3.56. The van der Waals surface area contributed by atoms with Crippen molar-refractivity contribution in [3.8, 4) is 0 Å². The third-order valence-corrected chi connectivity index (χ3v) is 7.30. The van der Waals surface area contributed by atoms with Crippen LogP contribution in [0.5, 0.6) is 0 Å². The van der Waals surface area contributed by atoms with E-state index in [0.717, 1.165) is 29.5 Å². The summed E-state index contributed by atoms with van der Waals surface area (Å²) in [5, 5.41) is 0.125. The molecule has 4 rings (SSSR count). The highest BCUT2D eigenvalue weighted by Gasteiger charge is 2.35. The number of fused-ring (bicyclic) bond motifs is 1. The van der Waals surface area contributed by atoms with Crippen molar-refractivity contribution in [3.63, 3.8) is 0 Å². The number of sulfonamides is 1. The molecule has 6 nitrogen and oxygen atoms in total. The molecule has 0 saturated carbocycles. The molecule has 148 valence electrons. The zero-order valence-electron chi connectivity index (χ0n) is 15.3. The van der Waals surface area contributed by atoms with E-state index in [9.17, 15) is 12.8 Å². The average Bonchev–Trinajstić information content (AvgIpc) is 3.28. The highest BCUT2D eigenvalue weighted by molar-refractivity contribution is 7.88. The second-order valence-corrected chi connectivity index (χ2v) is 9.29. The van der Waals surface area contributed by atoms with Crippen LogP contribution in [0.3, 0.4) is 0 Å². The third-order valence-electron chi connectivity index (χ3n) is 5.16. The molecule has 9 heteroatoms. The second kappa shape index (κ2) is 7.42. The molecule has 1 unspecified atom stereocenters. The molecule has 0 N–H and O–H groups in total. The standard InChI is InChI=1S/C19H20ClFN4O2S/c1-2-25-18-10-22-7-5-17(18)23-19(25)13-6-8-24(11-13)28(26,27)12-14-3-4-15(21)9-16(14)20/h3-5,7,9-10,13H,2,6,8,11-12H2,1H3. The summed E-state index contributed by atoms with van der Waals surface area (Å²) in [6.07, 6.45) is 4.19. The van der Waals surface area contributed by atoms with Crippen molar-refractivity contribution < 1.29 is 12.8 Å². The summed E-state index contributed by atoms with van der Waals surface area (Å²) >= 11 is 6.01. The lowest BCUT2D eigenvalue weighted by molar-refractivity contribution is 0.468. The normalized spacial score (nSPS) is 18.2. The highest BCUT2D eigenvalue weighted by atomic mass is 35.5. The van der Waals surface area contributed by atoms with Crippen molar-refractivity contribution in [1.82, 2.24) is 18.8 Å². The summed E-state index contributed by atoms with van der Waals surface area (Å²) in [6, 6.07) is 5.65. The van der Waals surface area contributed by atoms with Crippen LogP contribution >= 0.6 is 11.6 Å². The van der Waals surface area contributed by atoms with Gasteiger partial charge in [0.1, 0.15) is 11.6 Å². The van der Waals surface area contributed by atoms with Gasteiger partial charge < -0.3 is 4.57 Å². The van der Waals surface area contributed by atoms with E-state index < -0.39 is 15.8 Å². The molecule has 1 saturated heterocycles. The summed E-state index contributed by atoms with van der Waals surface area (Å²) in [6.45, 7) is 3.58. The van der Waals surface area contributed by atoms with Crippen molar-refractivity contribution in [2.45, 2.75) is 31.6 Å². The highest BCUT2D eigenvalue weighted by Crippen LogP contribution is 2.32. The minimum absolute atomic E-state index is 0.0193. The molecule has 1 atom stereocenters. The Bertz CT molecular complexity index is 1130. The van der Waals surface area contributed by atoms with E-state index in [1.165, 1.54) is 16.4 Å². The molecule has 1 aliphatic heterocycles. The Morgan fingerprint density at radius 1 is 1.32 bits per heavy atom. The van der Waals surface area contributed by atoms with E-state index >= 15 is 0 Å². The summed E-state index contributed by atoms with van der Waals surface area (Å²) in [4.78, 5) is 8.90. The van der Waals surface area contributed by atoms with E-state index in [1.54, 1.807) is 12.4 Å². The smallest absolute Gasteiger partial charge is 0.218 e. The maximum absolute atomic E-state index is 13.2. The summed E-state index contributed by atoms with van der Waals surface area (Å²) < 4.78 is 42.6. The Kier molecular flexibility index (Phi) is 5.11. The topological polar surface area (TPSA) is 68.1 Å². The van der Waals surface area contributed by atoms with E-state index in [1.807, 2.05) is 13.0 Å². The van der Waals surface area contributed by atoms with Gasteiger partial charge in [-0.25, -0.2) is 22.1 Å². The molecule has 0 spiro atoms. The molecule has 1 aromatic carbocycles. The van der Waals surface area contributed by atoms with Crippen molar-refractivity contribution in [2.24, 2.45) is 0 Å². The monoisotopic (exact) mass is 422 g/mol. The molecular formula is C19H20ClFN4O2S. The van der Waals surface area contributed by atoms with Gasteiger partial charge in [-0.2, -0.15) is 0 Å². The molecule has 0 aliphatic carbocycles. The molecule has 0 radical (unpaired) electrons. The SMILES string of the molecule is CCn1c(C2CCN(S(=O)(=O)Cc3ccc(F)cc3Cl)C2)nc2ccncc21. The second-order valence-electron chi connectivity index (χ2n) is 6.91. The van der Waals surface area contributed by atoms with Gasteiger partial charge in [0, 0.05) is 36.8 Å². The van der Waals surface area contributed by atoms with Gasteiger partial charge >= 0.3 is 0 Å². The first-order valence-corrected chi connectivity index (χ1v) is 11.1. The maximum Gasteiger partial charge on any atom is 0.218 e. The first kappa shape index (κ1) is 19.3. The number of hydrogen-bond acceptors (Lipinski definition) is 4. The minimum atomic E-state index is -3.56. The van der Waals surface area contributed by atoms with Gasteiger partial charge in [-0.05, 0) is 37.1 Å². The molecule has 0 amide bonds. The third kappa shape index (κ3) is 3.52. The van der Waals surface area contributed by atoms with Crippen molar-refractivity contribution in [2.75, 3.05) is 13.1 Å². The van der Waals surface area contributed by atoms with Gasteiger partial charge in [0.15, 0.2) is 0 Å². The van der Waals surface area contributed by atoms with Crippen LogP contribution in [0, 0.1) is 5.82 Å². The zero-order chi connectivity index (χ0) is 19.9. The molecule has 1 fully saturated rings. The van der Waals surface area contributed by atoms with E-state index in [2.05, 4.69) is 9.55 Å². The molecule has 3 heterocycles. The molecule has 28 heavy (non-hydrogen) atoms. The van der Waals surface area contributed by atoms with E-state index in [-0.39, 0.29) is 16.7 Å². The number of rotatable bonds is 5. The van der Waals surface area contributed by atoms with Crippen molar-refractivity contribution in [3.05, 3.63) is 58.9 Å². The Hall–Kier alpha value is -2.03. The lowest BCUT2D eigenvalue weighted by atomic mass is 10.1. The number of aromatic nitrogens is 3. The van der Waals surface area contributed by atoms with E-state index in [4.69, 9.17) is 16.6 Å². The van der Waals surface area contributed by atoms with Crippen LogP contribution in [0.2, 0.25) is 5.02 Å². The van der Waals surface area contributed by atoms with Crippen LogP contribution in [0.15, 0.2) is 36.7 Å². The van der Waals surface area contributed by atoms with Gasteiger partial charge in [0.25, 0.3) is 0 Å². The molecule has 3 aromatic rings. The zero-order valence-corrected chi connectivity index (χ0v) is 16.9. The summed E-state index contributed by atoms with van der Waals surface area (Å²) in [5.41, 5.74) is 2.23. The number of hydrogen-bond donors (Lipinski definition) is 0. The van der Waals surface area contributed by atoms with E-state index in [0.29, 0.717) is 25.1 Å². The number of benzene rings is 1. The molecular weight excluding hydrogens is 403 g/mol. The summed E-state index contributed by atoms with van der Waals surface area (Å²) in [5.74, 6) is 0.182. The molecule has 1 aliphatic rings. The Balaban J connectivity index is 1.57. The lowest BCUT2D eigenvalue weighted by Gasteiger charge is -2.17. The number of imidazole rings is 1. The van der Waals surface area contributed by atoms with Crippen molar-refractivity contribution in [1.29, 1.82) is 0 Å². The van der Waals surface area contributed by atoms with Crippen LogP contribution in [0.1, 0.15) is 30.7 Å². The van der Waals surface area contributed by atoms with Gasteiger partial charge in [-0.3, -0.25) is 4.98 Å². The maximum atomic E-state index is 13.2. The fourth-order valence-electron chi connectivity index (χ4n) is 3.75. The fourth-order valence-corrected chi connectivity index (χ4v) is 5.68. The largest absolute Gasteiger partial charge is 0.327 e. The van der Waals surface area contributed by atoms with Gasteiger partial charge in [0.05, 0.1) is 23.0 Å². The number of aryl methyl sites for hydroxylation is 1. The predicted molar refractivity (Wildman–Crippen MR) is 106 cm³/mol. The Morgan fingerprint density at radius 2 is 2.14 bits per heavy atom. The van der Waals surface area contributed by atoms with Crippen LogP contribution in [0.4, 0.5) is 4.39 Å². The van der Waals surface area contributed by atoms with Crippen LogP contribution in [0.25, 0.3) is 11.0 Å². The molecule has 2 aromatic heterocycles. The van der Waals surface area contributed by atoms with Crippen LogP contribution in [-0.4, -0.2) is 40.3 Å². The van der Waals surface area contributed by atoms with Crippen LogP contribution < -0.4 is 0 Å². The Morgan fingerprint density at radius 3 is 2.89 bits per heavy atom. The number of halogens is 2. The molecule has 0 bridgehead atoms. The van der Waals surface area contributed by atoms with Crippen LogP contribution in [-0.2, 0) is 22.3 Å². The van der Waals surface area contributed by atoms with Crippen molar-refractivity contribution >= 4 is 32.7 Å². The average molecular weight is 423 g/mol. The number of pyridine rings is 1. The Labute approximate surface area is 168 Å². The number of nitrogens with zero attached hydrogens (tertiary/aromatic N) is 4. The predicted octanol–water partition coefficient (Wildman–Crippen LogP) is 3.56. The lowest BCUT2D eigenvalue weighted by Crippen LogP contribution is -2.30. The van der Waals surface area contributed by atoms with Gasteiger partial charge in [0.2, 0.25) is 10.0 Å². The first-order valence-electron chi connectivity index (χ1n) is 9.11. The quantitative estimate of drug-likeness (QED) is 0.630. The van der Waals surface area contributed by atoms with Gasteiger partial charge in [-0.1, -0.05) is 17.7 Å². The van der Waals surface area contributed by atoms with Gasteiger partial charge in [-0.15, -0.1) is 0 Å². The minimum Gasteiger partial charge on any atom is -0.327 e.